The van der Waals surface area contributed by atoms with Crippen molar-refractivity contribution in [3.05, 3.63) is 64.9 Å². The molecule has 0 bridgehead atoms. The van der Waals surface area contributed by atoms with Gasteiger partial charge in [-0.05, 0) is 42.6 Å². The molecule has 7 nitrogen and oxygen atoms in total. The summed E-state index contributed by atoms with van der Waals surface area (Å²) in [6.07, 6.45) is 0. The predicted molar refractivity (Wildman–Crippen MR) is 105 cm³/mol. The first-order chi connectivity index (χ1) is 13.6. The molecule has 0 atom stereocenters. The van der Waals surface area contributed by atoms with Crippen LogP contribution in [0.4, 0.5) is 4.39 Å². The maximum Gasteiger partial charge on any atom is 0.236 e. The summed E-state index contributed by atoms with van der Waals surface area (Å²) in [6, 6.07) is 9.67. The number of hydrogen-bond acceptors (Lipinski definition) is 8. The van der Waals surface area contributed by atoms with Crippen molar-refractivity contribution in [2.75, 3.05) is 5.84 Å². The highest BCUT2D eigenvalue weighted by molar-refractivity contribution is 7.98. The fourth-order valence-electron chi connectivity index (χ4n) is 2.38. The quantitative estimate of drug-likeness (QED) is 0.358. The SMILES string of the molecule is Cc1oc(-c2cccs2)nc1CSc1nnc(COc2ccc(F)cc2)n1N. The molecule has 28 heavy (non-hydrogen) atoms. The van der Waals surface area contributed by atoms with Gasteiger partial charge in [-0.25, -0.2) is 14.1 Å². The van der Waals surface area contributed by atoms with Gasteiger partial charge >= 0.3 is 0 Å². The molecule has 4 rings (SSSR count). The Hall–Kier alpha value is -2.85. The van der Waals surface area contributed by atoms with Gasteiger partial charge in [0.2, 0.25) is 11.0 Å². The summed E-state index contributed by atoms with van der Waals surface area (Å²) >= 11 is 2.99. The molecular weight excluding hydrogens is 401 g/mol. The topological polar surface area (TPSA) is 92.0 Å². The van der Waals surface area contributed by atoms with Crippen LogP contribution in [0.2, 0.25) is 0 Å². The lowest BCUT2D eigenvalue weighted by Crippen LogP contribution is -2.15. The highest BCUT2D eigenvalue weighted by atomic mass is 32.2. The van der Waals surface area contributed by atoms with Gasteiger partial charge in [0.25, 0.3) is 0 Å². The lowest BCUT2D eigenvalue weighted by molar-refractivity contribution is 0.291. The normalized spacial score (nSPS) is 11.1. The van der Waals surface area contributed by atoms with Crippen LogP contribution in [-0.2, 0) is 12.4 Å². The second-order valence-corrected chi connectivity index (χ2v) is 7.69. The molecule has 0 spiro atoms. The second-order valence-electron chi connectivity index (χ2n) is 5.80. The predicted octanol–water partition coefficient (Wildman–Crippen LogP) is 4.03. The number of benzene rings is 1. The molecule has 2 N–H and O–H groups in total. The van der Waals surface area contributed by atoms with Crippen LogP contribution in [0.5, 0.6) is 5.75 Å². The number of ether oxygens (including phenoxy) is 1. The molecule has 1 aromatic carbocycles. The highest BCUT2D eigenvalue weighted by Gasteiger charge is 2.16. The molecule has 0 aliphatic carbocycles. The number of hydrogen-bond donors (Lipinski definition) is 1. The van der Waals surface area contributed by atoms with E-state index in [2.05, 4.69) is 15.2 Å². The number of thiophene rings is 1. The van der Waals surface area contributed by atoms with Gasteiger partial charge in [0.1, 0.15) is 23.9 Å². The first-order valence-corrected chi connectivity index (χ1v) is 10.2. The van der Waals surface area contributed by atoms with E-state index < -0.39 is 0 Å². The molecule has 3 heterocycles. The first-order valence-electron chi connectivity index (χ1n) is 8.31. The Morgan fingerprint density at radius 3 is 2.82 bits per heavy atom. The Bertz CT molecular complexity index is 1060. The third-order valence-electron chi connectivity index (χ3n) is 3.88. The van der Waals surface area contributed by atoms with Crippen molar-refractivity contribution >= 4 is 23.1 Å². The van der Waals surface area contributed by atoms with Gasteiger partial charge in [-0.15, -0.1) is 21.5 Å². The van der Waals surface area contributed by atoms with Gasteiger partial charge in [-0.2, -0.15) is 0 Å². The van der Waals surface area contributed by atoms with Crippen LogP contribution in [-0.4, -0.2) is 19.9 Å². The summed E-state index contributed by atoms with van der Waals surface area (Å²) in [4.78, 5) is 5.54. The lowest BCUT2D eigenvalue weighted by Gasteiger charge is -2.06. The molecule has 0 aliphatic rings. The van der Waals surface area contributed by atoms with Crippen LogP contribution in [0.1, 0.15) is 17.3 Å². The van der Waals surface area contributed by atoms with Crippen LogP contribution < -0.4 is 10.6 Å². The number of aromatic nitrogens is 4. The van der Waals surface area contributed by atoms with E-state index in [-0.39, 0.29) is 12.4 Å². The average Bonchev–Trinajstić information content (AvgIpc) is 3.41. The molecule has 0 saturated heterocycles. The van der Waals surface area contributed by atoms with Crippen molar-refractivity contribution in [3.8, 4) is 16.5 Å². The van der Waals surface area contributed by atoms with E-state index in [1.54, 1.807) is 23.5 Å². The molecule has 144 valence electrons. The zero-order valence-corrected chi connectivity index (χ0v) is 16.5. The van der Waals surface area contributed by atoms with E-state index in [0.717, 1.165) is 16.3 Å². The number of nitrogens with zero attached hydrogens (tertiary/aromatic N) is 4. The molecule has 0 saturated carbocycles. The van der Waals surface area contributed by atoms with E-state index in [9.17, 15) is 4.39 Å². The maximum atomic E-state index is 12.9. The summed E-state index contributed by atoms with van der Waals surface area (Å²) in [5.41, 5.74) is 0.834. The Labute approximate surface area is 168 Å². The van der Waals surface area contributed by atoms with Crippen LogP contribution in [0.3, 0.4) is 0 Å². The van der Waals surface area contributed by atoms with E-state index in [4.69, 9.17) is 15.0 Å². The number of halogens is 1. The summed E-state index contributed by atoms with van der Waals surface area (Å²) in [6.45, 7) is 2.01. The molecule has 3 aromatic heterocycles. The summed E-state index contributed by atoms with van der Waals surface area (Å²) < 4.78 is 25.6. The van der Waals surface area contributed by atoms with Crippen LogP contribution in [0.15, 0.2) is 51.4 Å². The van der Waals surface area contributed by atoms with E-state index in [1.165, 1.54) is 28.6 Å². The number of oxazole rings is 1. The van der Waals surface area contributed by atoms with Crippen molar-refractivity contribution in [1.29, 1.82) is 0 Å². The van der Waals surface area contributed by atoms with Crippen molar-refractivity contribution in [2.45, 2.75) is 24.4 Å². The smallest absolute Gasteiger partial charge is 0.236 e. The first kappa shape index (κ1) is 18.5. The third-order valence-corrected chi connectivity index (χ3v) is 5.69. The van der Waals surface area contributed by atoms with Crippen LogP contribution in [0, 0.1) is 12.7 Å². The van der Waals surface area contributed by atoms with Crippen LogP contribution >= 0.6 is 23.1 Å². The fraction of sp³-hybridized carbons (Fsp3) is 0.167. The van der Waals surface area contributed by atoms with Crippen LogP contribution in [0.25, 0.3) is 10.8 Å². The van der Waals surface area contributed by atoms with Gasteiger partial charge in [-0.3, -0.25) is 0 Å². The van der Waals surface area contributed by atoms with Crippen molar-refractivity contribution in [2.24, 2.45) is 0 Å². The van der Waals surface area contributed by atoms with Gasteiger partial charge in [-0.1, -0.05) is 17.8 Å². The molecule has 10 heteroatoms. The Balaban J connectivity index is 1.39. The zero-order chi connectivity index (χ0) is 19.5. The average molecular weight is 417 g/mol. The second kappa shape index (κ2) is 8.03. The van der Waals surface area contributed by atoms with E-state index in [0.29, 0.717) is 28.4 Å². The highest BCUT2D eigenvalue weighted by Crippen LogP contribution is 2.29. The Kier molecular flexibility index (Phi) is 5.31. The Morgan fingerprint density at radius 2 is 2.07 bits per heavy atom. The largest absolute Gasteiger partial charge is 0.486 e. The lowest BCUT2D eigenvalue weighted by atomic mass is 10.3. The summed E-state index contributed by atoms with van der Waals surface area (Å²) in [5.74, 6) is 8.66. The molecule has 0 unspecified atom stereocenters. The summed E-state index contributed by atoms with van der Waals surface area (Å²) in [5, 5.41) is 10.7. The Morgan fingerprint density at radius 1 is 1.25 bits per heavy atom. The van der Waals surface area contributed by atoms with Gasteiger partial charge in [0.15, 0.2) is 5.82 Å². The number of nitrogen functional groups attached to an aromatic ring is 1. The molecule has 0 aliphatic heterocycles. The minimum Gasteiger partial charge on any atom is -0.486 e. The van der Waals surface area contributed by atoms with Gasteiger partial charge in [0.05, 0.1) is 10.6 Å². The fourth-order valence-corrected chi connectivity index (χ4v) is 3.91. The van der Waals surface area contributed by atoms with Crippen molar-refractivity contribution < 1.29 is 13.5 Å². The molecule has 0 amide bonds. The number of nitrogens with two attached hydrogens (primary N) is 1. The summed E-state index contributed by atoms with van der Waals surface area (Å²) in [7, 11) is 0. The molecular formula is C18H16FN5O2S2. The standard InChI is InChI=1S/C18H16FN5O2S2/c1-11-14(21-17(26-11)15-3-2-8-27-15)10-28-18-23-22-16(24(18)20)9-25-13-6-4-12(19)5-7-13/h2-8H,9-10,20H2,1H3. The van der Waals surface area contributed by atoms with E-state index >= 15 is 0 Å². The van der Waals surface area contributed by atoms with E-state index in [1.807, 2.05) is 24.4 Å². The van der Waals surface area contributed by atoms with Gasteiger partial charge < -0.3 is 15.0 Å². The number of thioether (sulfide) groups is 1. The minimum atomic E-state index is -0.321. The molecule has 4 aromatic rings. The molecule has 0 fully saturated rings. The number of aryl methyl sites for hydroxylation is 1. The van der Waals surface area contributed by atoms with Crippen molar-refractivity contribution in [3.63, 3.8) is 0 Å². The maximum absolute atomic E-state index is 12.9. The third kappa shape index (κ3) is 4.02. The molecule has 0 radical (unpaired) electrons. The zero-order valence-electron chi connectivity index (χ0n) is 14.8. The van der Waals surface area contributed by atoms with Gasteiger partial charge in [0, 0.05) is 5.75 Å². The minimum absolute atomic E-state index is 0.126. The monoisotopic (exact) mass is 417 g/mol. The van der Waals surface area contributed by atoms with Crippen molar-refractivity contribution in [1.82, 2.24) is 19.9 Å². The number of rotatable bonds is 7.